The molecule has 12 nitrogen and oxygen atoms in total. The second-order valence-electron chi connectivity index (χ2n) is 8.67. The second-order valence-corrected chi connectivity index (χ2v) is 8.67. The highest BCUT2D eigenvalue weighted by Crippen LogP contribution is 2.28. The molecule has 0 bridgehead atoms. The van der Waals surface area contributed by atoms with E-state index in [9.17, 15) is 28.8 Å². The molecule has 12 heteroatoms. The van der Waals surface area contributed by atoms with Gasteiger partial charge in [-0.3, -0.25) is 24.0 Å². The minimum atomic E-state index is -1.45. The summed E-state index contributed by atoms with van der Waals surface area (Å²) in [6, 6.07) is 9.08. The number of aromatic nitrogens is 1. The van der Waals surface area contributed by atoms with Crippen molar-refractivity contribution in [3.63, 3.8) is 0 Å². The molecular weight excluding hydrogens is 470 g/mol. The van der Waals surface area contributed by atoms with E-state index in [1.807, 2.05) is 12.1 Å². The van der Waals surface area contributed by atoms with Crippen LogP contribution in [-0.2, 0) is 28.8 Å². The molecule has 2 fully saturated rings. The zero-order valence-corrected chi connectivity index (χ0v) is 19.3. The Balaban J connectivity index is 1.57. The average Bonchev–Trinajstić information content (AvgIpc) is 2.99. The van der Waals surface area contributed by atoms with Crippen LogP contribution in [0, 0.1) is 11.8 Å². The van der Waals surface area contributed by atoms with Crippen LogP contribution >= 0.6 is 0 Å². The molecule has 188 valence electrons. The van der Waals surface area contributed by atoms with Crippen molar-refractivity contribution in [3.8, 4) is 0 Å². The van der Waals surface area contributed by atoms with Gasteiger partial charge in [-0.1, -0.05) is 24.3 Å². The molecule has 1 aromatic carbocycles. The third kappa shape index (κ3) is 5.02. The first kappa shape index (κ1) is 24.8. The Morgan fingerprint density at radius 3 is 2.69 bits per heavy atom. The van der Waals surface area contributed by atoms with E-state index in [4.69, 9.17) is 5.11 Å². The number of rotatable bonds is 7. The van der Waals surface area contributed by atoms with Gasteiger partial charge < -0.3 is 20.5 Å². The molecule has 0 unspecified atom stereocenters. The Hall–Kier alpha value is -4.35. The highest BCUT2D eigenvalue weighted by molar-refractivity contribution is 6.10. The van der Waals surface area contributed by atoms with Gasteiger partial charge in [-0.2, -0.15) is 0 Å². The van der Waals surface area contributed by atoms with Crippen molar-refractivity contribution in [2.24, 2.45) is 11.8 Å². The van der Waals surface area contributed by atoms with Crippen LogP contribution in [0.1, 0.15) is 32.1 Å². The number of amides is 4. The summed E-state index contributed by atoms with van der Waals surface area (Å²) >= 11 is 0. The highest BCUT2D eigenvalue weighted by Gasteiger charge is 2.45. The summed E-state index contributed by atoms with van der Waals surface area (Å²) in [7, 11) is 0. The average molecular weight is 495 g/mol. The number of hydrazine groups is 1. The number of fused-ring (bicyclic) bond motifs is 2. The van der Waals surface area contributed by atoms with Gasteiger partial charge in [0.2, 0.25) is 17.7 Å². The van der Waals surface area contributed by atoms with Crippen LogP contribution in [0.5, 0.6) is 0 Å². The van der Waals surface area contributed by atoms with E-state index >= 15 is 0 Å². The number of hydrogen-bond acceptors (Lipinski definition) is 7. The number of nitrogens with one attached hydrogen (secondary N) is 2. The van der Waals surface area contributed by atoms with E-state index < -0.39 is 48.1 Å². The van der Waals surface area contributed by atoms with Gasteiger partial charge >= 0.3 is 5.97 Å². The number of carboxylic acid groups (broad SMARTS) is 1. The number of carbonyl (C=O) groups excluding carboxylic acids is 5. The van der Waals surface area contributed by atoms with Gasteiger partial charge in [-0.05, 0) is 30.7 Å². The monoisotopic (exact) mass is 495 g/mol. The van der Waals surface area contributed by atoms with Crippen LogP contribution in [0.2, 0.25) is 0 Å². The molecule has 2 aliphatic rings. The highest BCUT2D eigenvalue weighted by atomic mass is 16.4. The van der Waals surface area contributed by atoms with Gasteiger partial charge in [0, 0.05) is 24.5 Å². The summed E-state index contributed by atoms with van der Waals surface area (Å²) in [6.07, 6.45) is 0.686. The van der Waals surface area contributed by atoms with E-state index in [0.29, 0.717) is 11.8 Å². The van der Waals surface area contributed by atoms with Crippen LogP contribution in [0.25, 0.3) is 10.8 Å². The summed E-state index contributed by atoms with van der Waals surface area (Å²) in [4.78, 5) is 78.6. The van der Waals surface area contributed by atoms with Gasteiger partial charge in [0.05, 0.1) is 6.42 Å². The van der Waals surface area contributed by atoms with Gasteiger partial charge in [-0.15, -0.1) is 0 Å². The molecule has 4 rings (SSSR count). The van der Waals surface area contributed by atoms with Crippen molar-refractivity contribution in [1.29, 1.82) is 0 Å². The maximum Gasteiger partial charge on any atom is 0.304 e. The Labute approximate surface area is 205 Å². The molecule has 0 radical (unpaired) electrons. The van der Waals surface area contributed by atoms with Crippen molar-refractivity contribution in [1.82, 2.24) is 20.3 Å². The third-order valence-electron chi connectivity index (χ3n) is 6.30. The molecule has 2 aliphatic heterocycles. The number of carbonyl (C=O) groups is 6. The molecule has 2 saturated heterocycles. The minimum absolute atomic E-state index is 0.0299. The molecule has 0 saturated carbocycles. The zero-order valence-electron chi connectivity index (χ0n) is 19.3. The Kier molecular flexibility index (Phi) is 7.23. The van der Waals surface area contributed by atoms with Crippen LogP contribution in [0.4, 0.5) is 5.82 Å². The number of pyridine rings is 1. The first-order valence-electron chi connectivity index (χ1n) is 11.6. The van der Waals surface area contributed by atoms with E-state index in [1.165, 1.54) is 11.2 Å². The minimum Gasteiger partial charge on any atom is -0.481 e. The number of benzene rings is 1. The smallest absolute Gasteiger partial charge is 0.304 e. The maximum atomic E-state index is 13.6. The van der Waals surface area contributed by atoms with Gasteiger partial charge in [0.25, 0.3) is 5.91 Å². The van der Waals surface area contributed by atoms with Crippen molar-refractivity contribution < 1.29 is 33.9 Å². The lowest BCUT2D eigenvalue weighted by molar-refractivity contribution is -0.177. The predicted molar refractivity (Wildman–Crippen MR) is 125 cm³/mol. The van der Waals surface area contributed by atoms with Gasteiger partial charge in [0.15, 0.2) is 0 Å². The lowest BCUT2D eigenvalue weighted by Crippen LogP contribution is -2.63. The van der Waals surface area contributed by atoms with Crippen molar-refractivity contribution in [3.05, 3.63) is 36.5 Å². The predicted octanol–water partition coefficient (Wildman–Crippen LogP) is 0.681. The summed E-state index contributed by atoms with van der Waals surface area (Å²) in [5.74, 6) is -6.28. The fourth-order valence-corrected chi connectivity index (χ4v) is 4.49. The van der Waals surface area contributed by atoms with Crippen LogP contribution in [-0.4, -0.2) is 68.7 Å². The molecule has 2 aromatic rings. The van der Waals surface area contributed by atoms with E-state index in [0.717, 1.165) is 10.4 Å². The number of hydrogen-bond donors (Lipinski definition) is 3. The molecule has 0 aliphatic carbocycles. The van der Waals surface area contributed by atoms with Crippen molar-refractivity contribution in [2.75, 3.05) is 11.9 Å². The molecule has 4 amide bonds. The number of anilines is 1. The van der Waals surface area contributed by atoms with Crippen LogP contribution in [0.3, 0.4) is 0 Å². The molecule has 0 spiro atoms. The standard InChI is InChI=1S/C24H25N5O7/c30-13-15(12-20(32)33)22(34)26-18-6-3-11-28-19(31)8-7-17(24(36)29(18)28)23(35)27-21-16-5-2-1-4-14(16)9-10-25-21/h1-2,4-5,9-10,13,15,17-18H,3,6-8,11-12H2,(H,26,34)(H,32,33)(H,25,27,35)/t15-,17-,18-/m0/s1. The summed E-state index contributed by atoms with van der Waals surface area (Å²) in [5.41, 5.74) is 0. The quantitative estimate of drug-likeness (QED) is 0.372. The number of carboxylic acids is 1. The Bertz CT molecular complexity index is 1230. The number of aldehydes is 1. The topological polar surface area (TPSA) is 166 Å². The molecule has 3 heterocycles. The SMILES string of the molecule is O=C[C@H](CC(=O)O)C(=O)N[C@@H]1CCCN2C(=O)CC[C@@H](C(=O)Nc3nccc4ccccc34)C(=O)N12. The third-order valence-corrected chi connectivity index (χ3v) is 6.30. The number of nitrogens with zero attached hydrogens (tertiary/aromatic N) is 3. The first-order chi connectivity index (χ1) is 17.3. The summed E-state index contributed by atoms with van der Waals surface area (Å²) in [6.45, 7) is 0.225. The van der Waals surface area contributed by atoms with Gasteiger partial charge in [0.1, 0.15) is 30.1 Å². The lowest BCUT2D eigenvalue weighted by Gasteiger charge is -2.43. The second kappa shape index (κ2) is 10.5. The number of aliphatic carboxylic acids is 1. The molecule has 36 heavy (non-hydrogen) atoms. The zero-order chi connectivity index (χ0) is 25.8. The Morgan fingerprint density at radius 1 is 1.17 bits per heavy atom. The maximum absolute atomic E-state index is 13.6. The van der Waals surface area contributed by atoms with Crippen LogP contribution < -0.4 is 10.6 Å². The summed E-state index contributed by atoms with van der Waals surface area (Å²) in [5, 5.41) is 18.0. The normalized spacial score (nSPS) is 20.8. The lowest BCUT2D eigenvalue weighted by atomic mass is 10.0. The van der Waals surface area contributed by atoms with E-state index in [2.05, 4.69) is 15.6 Å². The fourth-order valence-electron chi connectivity index (χ4n) is 4.49. The van der Waals surface area contributed by atoms with Crippen LogP contribution in [0.15, 0.2) is 36.5 Å². The molecule has 3 N–H and O–H groups in total. The first-order valence-corrected chi connectivity index (χ1v) is 11.6. The van der Waals surface area contributed by atoms with Crippen molar-refractivity contribution in [2.45, 2.75) is 38.3 Å². The van der Waals surface area contributed by atoms with Crippen molar-refractivity contribution >= 4 is 52.5 Å². The molecule has 1 aromatic heterocycles. The van der Waals surface area contributed by atoms with E-state index in [1.54, 1.807) is 18.2 Å². The Morgan fingerprint density at radius 2 is 1.94 bits per heavy atom. The summed E-state index contributed by atoms with van der Waals surface area (Å²) < 4.78 is 0. The molecular formula is C24H25N5O7. The fraction of sp³-hybridized carbons (Fsp3) is 0.375. The molecule has 3 atom stereocenters. The van der Waals surface area contributed by atoms with Gasteiger partial charge in [-0.25, -0.2) is 15.0 Å². The largest absolute Gasteiger partial charge is 0.481 e. The van der Waals surface area contributed by atoms with E-state index in [-0.39, 0.29) is 43.8 Å².